The number of fused-ring (bicyclic) bond motifs is 4. The van der Waals surface area contributed by atoms with Gasteiger partial charge in [0.2, 0.25) is 5.91 Å². The number of hydrogen-bond acceptors (Lipinski definition) is 6. The van der Waals surface area contributed by atoms with Gasteiger partial charge in [-0.05, 0) is 31.5 Å². The zero-order valence-electron chi connectivity index (χ0n) is 17.5. The van der Waals surface area contributed by atoms with Gasteiger partial charge in [0.05, 0.1) is 25.0 Å². The van der Waals surface area contributed by atoms with Gasteiger partial charge in [-0.1, -0.05) is 11.3 Å². The number of furan rings is 1. The lowest BCUT2D eigenvalue weighted by molar-refractivity contribution is -0.127. The van der Waals surface area contributed by atoms with Gasteiger partial charge in [0.1, 0.15) is 11.8 Å². The van der Waals surface area contributed by atoms with Crippen molar-refractivity contribution >= 4 is 5.91 Å². The molecule has 3 aromatic rings. The summed E-state index contributed by atoms with van der Waals surface area (Å²) in [4.78, 5) is 28.4. The van der Waals surface area contributed by atoms with Crippen LogP contribution in [0, 0.1) is 12.8 Å². The van der Waals surface area contributed by atoms with Crippen molar-refractivity contribution in [3.8, 4) is 0 Å². The van der Waals surface area contributed by atoms with Gasteiger partial charge in [-0.15, -0.1) is 5.10 Å². The average molecular weight is 422 g/mol. The fourth-order valence-corrected chi connectivity index (χ4v) is 5.02. The van der Waals surface area contributed by atoms with Crippen LogP contribution in [-0.4, -0.2) is 50.0 Å². The molecule has 0 saturated carbocycles. The Morgan fingerprint density at radius 1 is 1.26 bits per heavy atom. The lowest BCUT2D eigenvalue weighted by Crippen LogP contribution is -2.53. The third-order valence-corrected chi connectivity index (χ3v) is 6.24. The van der Waals surface area contributed by atoms with Gasteiger partial charge in [0, 0.05) is 49.4 Å². The van der Waals surface area contributed by atoms with Gasteiger partial charge >= 0.3 is 0 Å². The molecule has 0 spiro atoms. The molecule has 2 aliphatic rings. The zero-order chi connectivity index (χ0) is 21.4. The summed E-state index contributed by atoms with van der Waals surface area (Å²) in [6.45, 7) is 5.15. The summed E-state index contributed by atoms with van der Waals surface area (Å²) in [5.74, 6) is 1.09. The fraction of sp³-hybridized carbons (Fsp3) is 0.455. The number of pyridine rings is 1. The smallest absolute Gasteiger partial charge is 0.251 e. The summed E-state index contributed by atoms with van der Waals surface area (Å²) in [7, 11) is 0. The molecule has 1 saturated heterocycles. The minimum atomic E-state index is -0.517. The van der Waals surface area contributed by atoms with E-state index in [1.807, 2.05) is 31.3 Å². The highest BCUT2D eigenvalue weighted by atomic mass is 16.3. The number of amides is 1. The number of hydrogen-bond donors (Lipinski definition) is 1. The molecule has 0 aliphatic carbocycles. The van der Waals surface area contributed by atoms with Crippen molar-refractivity contribution in [3.63, 3.8) is 0 Å². The maximum Gasteiger partial charge on any atom is 0.251 e. The Kier molecular flexibility index (Phi) is 5.19. The van der Waals surface area contributed by atoms with E-state index < -0.39 is 6.04 Å². The first-order valence-corrected chi connectivity index (χ1v) is 10.7. The summed E-state index contributed by atoms with van der Waals surface area (Å²) in [5, 5.41) is 11.0. The van der Waals surface area contributed by atoms with Crippen molar-refractivity contribution in [2.75, 3.05) is 19.6 Å². The summed E-state index contributed by atoms with van der Waals surface area (Å²) in [5.41, 5.74) is 1.67. The van der Waals surface area contributed by atoms with Gasteiger partial charge < -0.3 is 9.73 Å². The van der Waals surface area contributed by atoms with Crippen LogP contribution >= 0.6 is 0 Å². The first-order valence-electron chi connectivity index (χ1n) is 10.7. The van der Waals surface area contributed by atoms with Crippen LogP contribution in [0.3, 0.4) is 0 Å². The Morgan fingerprint density at radius 2 is 2.16 bits per heavy atom. The van der Waals surface area contributed by atoms with E-state index >= 15 is 0 Å². The second-order valence-corrected chi connectivity index (χ2v) is 8.48. The Hall–Kier alpha value is -3.20. The maximum atomic E-state index is 13.3. The molecule has 0 aromatic carbocycles. The normalized spacial score (nSPS) is 22.8. The Labute approximate surface area is 179 Å². The first kappa shape index (κ1) is 19.7. The molecule has 3 aromatic heterocycles. The molecule has 9 nitrogen and oxygen atoms in total. The third kappa shape index (κ3) is 3.93. The van der Waals surface area contributed by atoms with E-state index in [-0.39, 0.29) is 23.3 Å². The molecule has 5 rings (SSSR count). The van der Waals surface area contributed by atoms with Crippen LogP contribution in [0.25, 0.3) is 0 Å². The van der Waals surface area contributed by atoms with Gasteiger partial charge in [-0.3, -0.25) is 23.7 Å². The highest BCUT2D eigenvalue weighted by molar-refractivity contribution is 5.81. The van der Waals surface area contributed by atoms with Crippen molar-refractivity contribution in [2.24, 2.45) is 5.92 Å². The second-order valence-electron chi connectivity index (χ2n) is 8.48. The molecular formula is C22H26N6O3. The average Bonchev–Trinajstić information content (AvgIpc) is 3.40. The van der Waals surface area contributed by atoms with Crippen molar-refractivity contribution in [2.45, 2.75) is 38.4 Å². The number of likely N-dealkylation sites (tertiary alicyclic amines) is 1. The summed E-state index contributed by atoms with van der Waals surface area (Å²) in [6.07, 6.45) is 4.42. The van der Waals surface area contributed by atoms with Crippen LogP contribution in [0.2, 0.25) is 0 Å². The van der Waals surface area contributed by atoms with E-state index in [0.29, 0.717) is 19.6 Å². The number of nitrogens with one attached hydrogen (secondary N) is 1. The quantitative estimate of drug-likeness (QED) is 0.643. The predicted octanol–water partition coefficient (Wildman–Crippen LogP) is 1.32. The standard InChI is InChI=1S/C22H26N6O3/c1-15-11-27(25-24-15)8-7-23-22(30)21-17-10-16(19-5-2-6-20(29)28(19)21)12-26(13-17)14-18-4-3-9-31-18/h2-6,9,11,16-17,21H,7-8,10,12-14H2,1H3,(H,23,30)/t16-,17+,21+/m0/s1. The molecule has 162 valence electrons. The maximum absolute atomic E-state index is 13.3. The van der Waals surface area contributed by atoms with Crippen LogP contribution in [0.1, 0.15) is 35.5 Å². The summed E-state index contributed by atoms with van der Waals surface area (Å²) >= 11 is 0. The number of carbonyl (C=O) groups is 1. The Balaban J connectivity index is 1.36. The molecule has 5 heterocycles. The number of rotatable bonds is 6. The lowest BCUT2D eigenvalue weighted by atomic mass is 9.78. The topological polar surface area (TPSA) is 98.2 Å². The first-order chi connectivity index (χ1) is 15.1. The molecule has 2 aliphatic heterocycles. The number of aryl methyl sites for hydroxylation is 1. The monoisotopic (exact) mass is 422 g/mol. The van der Waals surface area contributed by atoms with E-state index in [0.717, 1.165) is 36.7 Å². The van der Waals surface area contributed by atoms with E-state index in [4.69, 9.17) is 4.42 Å². The van der Waals surface area contributed by atoms with Crippen LogP contribution in [0.4, 0.5) is 0 Å². The largest absolute Gasteiger partial charge is 0.468 e. The van der Waals surface area contributed by atoms with E-state index in [1.54, 1.807) is 27.6 Å². The summed E-state index contributed by atoms with van der Waals surface area (Å²) < 4.78 is 8.96. The number of carbonyl (C=O) groups excluding carboxylic acids is 1. The molecule has 2 bridgehead atoms. The van der Waals surface area contributed by atoms with Crippen molar-refractivity contribution in [3.05, 3.63) is 70.3 Å². The SMILES string of the molecule is Cc1cn(CCNC(=O)[C@H]2[C@@H]3C[C@@H](CN(Cc4ccco4)C3)c3cccc(=O)n32)nn1. The number of nitrogens with zero attached hydrogens (tertiary/aromatic N) is 5. The van der Waals surface area contributed by atoms with Crippen molar-refractivity contribution in [1.29, 1.82) is 0 Å². The summed E-state index contributed by atoms with van der Waals surface area (Å²) in [6, 6.07) is 8.67. The van der Waals surface area contributed by atoms with E-state index in [1.165, 1.54) is 0 Å². The zero-order valence-corrected chi connectivity index (χ0v) is 17.5. The molecule has 3 atom stereocenters. The van der Waals surface area contributed by atoms with Crippen LogP contribution < -0.4 is 10.9 Å². The molecule has 31 heavy (non-hydrogen) atoms. The molecule has 1 fully saturated rings. The molecule has 9 heteroatoms. The minimum Gasteiger partial charge on any atom is -0.468 e. The fourth-order valence-electron chi connectivity index (χ4n) is 5.02. The molecule has 0 radical (unpaired) electrons. The second kappa shape index (κ2) is 8.14. The van der Waals surface area contributed by atoms with Crippen LogP contribution in [0.15, 0.2) is 52.0 Å². The van der Waals surface area contributed by atoms with E-state index in [9.17, 15) is 9.59 Å². The van der Waals surface area contributed by atoms with E-state index in [2.05, 4.69) is 20.5 Å². The molecule has 1 N–H and O–H groups in total. The van der Waals surface area contributed by atoms with Gasteiger partial charge in [-0.2, -0.15) is 0 Å². The highest BCUT2D eigenvalue weighted by Gasteiger charge is 2.43. The number of aromatic nitrogens is 4. The minimum absolute atomic E-state index is 0.0647. The molecule has 1 amide bonds. The predicted molar refractivity (Wildman–Crippen MR) is 112 cm³/mol. The van der Waals surface area contributed by atoms with Crippen LogP contribution in [-0.2, 0) is 17.9 Å². The lowest BCUT2D eigenvalue weighted by Gasteiger charge is -2.46. The van der Waals surface area contributed by atoms with Gasteiger partial charge in [-0.25, -0.2) is 0 Å². The van der Waals surface area contributed by atoms with Crippen molar-refractivity contribution in [1.82, 2.24) is 29.8 Å². The van der Waals surface area contributed by atoms with Gasteiger partial charge in [0.15, 0.2) is 0 Å². The molecular weight excluding hydrogens is 396 g/mol. The Morgan fingerprint density at radius 3 is 2.94 bits per heavy atom. The number of piperidine rings is 1. The third-order valence-electron chi connectivity index (χ3n) is 6.24. The molecule has 0 unspecified atom stereocenters. The van der Waals surface area contributed by atoms with Gasteiger partial charge in [0.25, 0.3) is 5.56 Å². The van der Waals surface area contributed by atoms with Crippen molar-refractivity contribution < 1.29 is 9.21 Å². The highest BCUT2D eigenvalue weighted by Crippen LogP contribution is 2.41. The Bertz CT molecular complexity index is 1120. The van der Waals surface area contributed by atoms with Crippen LogP contribution in [0.5, 0.6) is 0 Å².